The van der Waals surface area contributed by atoms with Gasteiger partial charge in [-0.1, -0.05) is 6.08 Å². The fraction of sp³-hybridized carbons (Fsp3) is 0.333. The molecule has 0 aliphatic carbocycles. The van der Waals surface area contributed by atoms with Gasteiger partial charge in [-0.15, -0.1) is 6.58 Å². The van der Waals surface area contributed by atoms with Gasteiger partial charge in [0.1, 0.15) is 6.61 Å². The predicted molar refractivity (Wildman–Crippen MR) is 53.9 cm³/mol. The van der Waals surface area contributed by atoms with Crippen LogP contribution in [0.15, 0.2) is 12.7 Å². The number of allylic oxidation sites excluding steroid dienone is 1. The van der Waals surface area contributed by atoms with Crippen molar-refractivity contribution in [1.82, 2.24) is 0 Å². The minimum Gasteiger partial charge on any atom is 0 e. The third-order valence-corrected chi connectivity index (χ3v) is 0.831. The van der Waals surface area contributed by atoms with Crippen LogP contribution in [0.1, 0.15) is 19.3 Å². The molecule has 0 atom stereocenters. The van der Waals surface area contributed by atoms with Crippen LogP contribution in [-0.2, 0) is 45.4 Å². The summed E-state index contributed by atoms with van der Waals surface area (Å²) in [5.74, 6) is 0. The van der Waals surface area contributed by atoms with Crippen LogP contribution in [0.4, 0.5) is 0 Å². The maximum Gasteiger partial charge on any atom is 0 e. The molecule has 0 aliphatic heterocycles. The van der Waals surface area contributed by atoms with Crippen LogP contribution in [0.3, 0.4) is 0 Å². The first kappa shape index (κ1) is 43.0. The van der Waals surface area contributed by atoms with Crippen molar-refractivity contribution in [1.29, 1.82) is 0 Å². The van der Waals surface area contributed by atoms with Crippen molar-refractivity contribution in [3.63, 3.8) is 0 Å². The molecule has 0 bridgehead atoms. The van der Waals surface area contributed by atoms with Crippen molar-refractivity contribution in [2.24, 2.45) is 0 Å². The van der Waals surface area contributed by atoms with Crippen molar-refractivity contribution in [2.45, 2.75) is 19.3 Å². The van der Waals surface area contributed by atoms with Gasteiger partial charge in [-0.25, -0.2) is 0 Å². The van der Waals surface area contributed by atoms with Crippen LogP contribution >= 0.6 is 0 Å². The average molecular weight is 304 g/mol. The second-order valence-corrected chi connectivity index (χ2v) is 1.53. The number of hydrogen-bond donors (Lipinski definition) is 0. The molecular formula is C12H12CrO6. The standard InChI is InChI=1S/C7H12O.5CO.Cr/c1-3-4-5-6-7-8-2;5*1-2;/h3H,1,4-6H2,2H3;;;;;;. The zero-order chi connectivity index (χ0) is 16.2. The van der Waals surface area contributed by atoms with E-state index in [0.717, 1.165) is 19.3 Å². The van der Waals surface area contributed by atoms with Gasteiger partial charge in [-0.2, -0.15) is 0 Å². The van der Waals surface area contributed by atoms with Gasteiger partial charge < -0.3 is 4.74 Å². The Morgan fingerprint density at radius 1 is 0.947 bits per heavy atom. The summed E-state index contributed by atoms with van der Waals surface area (Å²) in [6.45, 7) is 28.8. The SMILES string of the molecule is C=CCCC[C]OC.[C-]#[O+].[C-]#[O+].[C-]#[O+].[C-]#[O+].[C-]#[O+].[Cr]. The molecule has 0 aromatic rings. The van der Waals surface area contributed by atoms with Crippen molar-refractivity contribution < 1.29 is 45.4 Å². The van der Waals surface area contributed by atoms with Crippen molar-refractivity contribution >= 4 is 0 Å². The third kappa shape index (κ3) is 244. The van der Waals surface area contributed by atoms with E-state index in [4.69, 9.17) is 23.3 Å². The Bertz CT molecular complexity index is 170. The van der Waals surface area contributed by atoms with Crippen molar-refractivity contribution in [3.8, 4) is 0 Å². The minimum absolute atomic E-state index is 0. The molecule has 0 aromatic heterocycles. The first-order chi connectivity index (χ1) is 8.91. The quantitative estimate of drug-likeness (QED) is 0.328. The molecule has 0 saturated heterocycles. The number of rotatable bonds is 5. The fourth-order valence-corrected chi connectivity index (χ4v) is 0.421. The van der Waals surface area contributed by atoms with E-state index in [1.807, 2.05) is 6.08 Å². The smallest absolute Gasteiger partial charge is 0 e. The average Bonchev–Trinajstić information content (AvgIpc) is 2.54. The molecule has 19 heavy (non-hydrogen) atoms. The molecule has 0 rings (SSSR count). The van der Waals surface area contributed by atoms with E-state index in [1.54, 1.807) is 7.11 Å². The molecule has 0 spiro atoms. The van der Waals surface area contributed by atoms with Crippen LogP contribution in [0.25, 0.3) is 0 Å². The Hall–Kier alpha value is -1.07. The molecule has 0 unspecified atom stereocenters. The van der Waals surface area contributed by atoms with Crippen LogP contribution in [0.5, 0.6) is 0 Å². The van der Waals surface area contributed by atoms with E-state index in [0.29, 0.717) is 0 Å². The van der Waals surface area contributed by atoms with Gasteiger partial charge in [-0.3, -0.25) is 0 Å². The first-order valence-electron chi connectivity index (χ1n) is 3.80. The van der Waals surface area contributed by atoms with E-state index in [2.05, 4.69) is 51.2 Å². The van der Waals surface area contributed by atoms with Gasteiger partial charge in [0.25, 0.3) is 0 Å². The maximum absolute atomic E-state index is 7.50. The van der Waals surface area contributed by atoms with Gasteiger partial charge >= 0.3 is 56.5 Å². The van der Waals surface area contributed by atoms with E-state index >= 15 is 0 Å². The summed E-state index contributed by atoms with van der Waals surface area (Å²) in [6.07, 6.45) is 4.95. The van der Waals surface area contributed by atoms with Crippen molar-refractivity contribution in [3.05, 3.63) is 52.5 Å². The normalized spacial score (nSPS) is 4.37. The Labute approximate surface area is 124 Å². The summed E-state index contributed by atoms with van der Waals surface area (Å²) in [4.78, 5) is 0. The third-order valence-electron chi connectivity index (χ3n) is 0.831. The molecule has 7 heteroatoms. The number of unbranched alkanes of at least 4 members (excludes halogenated alkanes) is 2. The number of ether oxygens (including phenoxy) is 1. The summed E-state index contributed by atoms with van der Waals surface area (Å²) in [6, 6.07) is 0. The summed E-state index contributed by atoms with van der Waals surface area (Å²) < 4.78 is 42.1. The minimum atomic E-state index is 0. The van der Waals surface area contributed by atoms with Gasteiger partial charge in [0.15, 0.2) is 0 Å². The Morgan fingerprint density at radius 2 is 1.26 bits per heavy atom. The van der Waals surface area contributed by atoms with Crippen molar-refractivity contribution in [2.75, 3.05) is 7.11 Å². The molecule has 2 radical (unpaired) electrons. The van der Waals surface area contributed by atoms with Crippen LogP contribution in [0.2, 0.25) is 0 Å². The summed E-state index contributed by atoms with van der Waals surface area (Å²) >= 11 is 0. The van der Waals surface area contributed by atoms with E-state index in [1.165, 1.54) is 0 Å². The molecule has 0 amide bonds. The molecule has 102 valence electrons. The topological polar surface area (TPSA) is 109 Å². The van der Waals surface area contributed by atoms with E-state index in [9.17, 15) is 0 Å². The molecule has 0 aliphatic rings. The predicted octanol–water partition coefficient (Wildman–Crippen LogP) is 1.84. The first-order valence-corrected chi connectivity index (χ1v) is 3.80. The molecule has 6 nitrogen and oxygen atoms in total. The molecule has 0 heterocycles. The monoisotopic (exact) mass is 304 g/mol. The van der Waals surface area contributed by atoms with E-state index in [-0.39, 0.29) is 17.4 Å². The molecular weight excluding hydrogens is 292 g/mol. The maximum atomic E-state index is 7.50. The van der Waals surface area contributed by atoms with Crippen LogP contribution in [0, 0.1) is 39.9 Å². The largest absolute Gasteiger partial charge is 0 e. The second kappa shape index (κ2) is 177. The molecule has 0 aromatic carbocycles. The van der Waals surface area contributed by atoms with Gasteiger partial charge in [0.05, 0.1) is 0 Å². The van der Waals surface area contributed by atoms with Gasteiger partial charge in [0, 0.05) is 24.5 Å². The van der Waals surface area contributed by atoms with Gasteiger partial charge in [-0.05, 0) is 19.3 Å². The summed E-state index contributed by atoms with van der Waals surface area (Å²) in [7, 11) is 1.62. The van der Waals surface area contributed by atoms with Crippen LogP contribution < -0.4 is 0 Å². The van der Waals surface area contributed by atoms with Gasteiger partial charge in [0.2, 0.25) is 0 Å². The number of hydrogen-bond acceptors (Lipinski definition) is 1. The summed E-state index contributed by atoms with van der Waals surface area (Å²) in [5, 5.41) is 0. The zero-order valence-electron chi connectivity index (χ0n) is 10.3. The van der Waals surface area contributed by atoms with Crippen LogP contribution in [-0.4, -0.2) is 7.11 Å². The zero-order valence-corrected chi connectivity index (χ0v) is 11.5. The summed E-state index contributed by atoms with van der Waals surface area (Å²) in [5.41, 5.74) is 0. The molecule has 0 N–H and O–H groups in total. The number of methoxy groups -OCH3 is 1. The fourth-order valence-electron chi connectivity index (χ4n) is 0.421. The second-order valence-electron chi connectivity index (χ2n) is 1.53. The molecule has 0 saturated carbocycles. The van der Waals surface area contributed by atoms with E-state index < -0.39 is 0 Å². The Balaban J connectivity index is -0.0000000223. The Kier molecular flexibility index (Phi) is 400. The Morgan fingerprint density at radius 3 is 1.47 bits per heavy atom. The molecule has 0 fully saturated rings.